The lowest BCUT2D eigenvalue weighted by Gasteiger charge is -2.18. The molecule has 2 aliphatic carbocycles. The summed E-state index contributed by atoms with van der Waals surface area (Å²) in [4.78, 5) is 27.4. The Labute approximate surface area is 199 Å². The largest absolute Gasteiger partial charge is 0.325 e. The molecule has 0 fully saturated rings. The second-order valence-corrected chi connectivity index (χ2v) is 8.85. The van der Waals surface area contributed by atoms with Crippen LogP contribution in [0.4, 0.5) is 10.1 Å². The van der Waals surface area contributed by atoms with Crippen molar-refractivity contribution in [2.24, 2.45) is 5.92 Å². The van der Waals surface area contributed by atoms with E-state index >= 15 is 0 Å². The first-order chi connectivity index (χ1) is 16.6. The van der Waals surface area contributed by atoms with Crippen LogP contribution in [0.2, 0.25) is 0 Å². The van der Waals surface area contributed by atoms with Gasteiger partial charge >= 0.3 is 0 Å². The molecule has 0 spiro atoms. The van der Waals surface area contributed by atoms with E-state index in [1.54, 1.807) is 4.68 Å². The number of benzene rings is 1. The third-order valence-electron chi connectivity index (χ3n) is 5.76. The van der Waals surface area contributed by atoms with Gasteiger partial charge in [0.2, 0.25) is 11.7 Å². The third kappa shape index (κ3) is 3.95. The van der Waals surface area contributed by atoms with Gasteiger partial charge in [-0.05, 0) is 54.2 Å². The predicted octanol–water partition coefficient (Wildman–Crippen LogP) is 3.52. The van der Waals surface area contributed by atoms with Gasteiger partial charge in [-0.2, -0.15) is 10.4 Å². The smallest absolute Gasteiger partial charge is 0.249 e. The number of carbonyl (C=O) groups is 2. The van der Waals surface area contributed by atoms with Crippen molar-refractivity contribution in [3.8, 4) is 6.07 Å². The first-order valence-corrected chi connectivity index (χ1v) is 11.6. The van der Waals surface area contributed by atoms with Gasteiger partial charge in [-0.15, -0.1) is 0 Å². The Morgan fingerprint density at radius 3 is 2.71 bits per heavy atom. The van der Waals surface area contributed by atoms with E-state index in [0.29, 0.717) is 17.3 Å². The summed E-state index contributed by atoms with van der Waals surface area (Å²) in [6.07, 6.45) is 15.7. The summed E-state index contributed by atoms with van der Waals surface area (Å²) < 4.78 is 15.0. The number of Topliss-reactive ketones (excluding diaryl/α,β-unsaturated/α-hetero) is 1. The molecule has 2 heterocycles. The molecule has 0 saturated carbocycles. The maximum Gasteiger partial charge on any atom is 0.249 e. The Morgan fingerprint density at radius 1 is 1.21 bits per heavy atom. The topological polar surface area (TPSA) is 87.8 Å². The number of hydrogen-bond acceptors (Lipinski definition) is 5. The molecule has 1 aromatic carbocycles. The van der Waals surface area contributed by atoms with Crippen LogP contribution in [-0.4, -0.2) is 21.5 Å². The van der Waals surface area contributed by atoms with E-state index in [1.807, 2.05) is 54.0 Å². The lowest BCUT2D eigenvalue weighted by atomic mass is 10.00. The minimum atomic E-state index is -1.60. The third-order valence-corrected chi connectivity index (χ3v) is 6.75. The van der Waals surface area contributed by atoms with Crippen molar-refractivity contribution >= 4 is 40.1 Å². The molecule has 6 nitrogen and oxygen atoms in total. The van der Waals surface area contributed by atoms with Crippen LogP contribution in [0, 0.1) is 23.1 Å². The van der Waals surface area contributed by atoms with Crippen LogP contribution >= 0.6 is 11.8 Å². The highest BCUT2D eigenvalue weighted by molar-refractivity contribution is 8.10. The zero-order valence-electron chi connectivity index (χ0n) is 17.9. The van der Waals surface area contributed by atoms with Crippen LogP contribution < -0.4 is 15.9 Å². The summed E-state index contributed by atoms with van der Waals surface area (Å²) in [5.74, 6) is -3.50. The second kappa shape index (κ2) is 9.12. The molecule has 34 heavy (non-hydrogen) atoms. The molecule has 0 saturated heterocycles. The van der Waals surface area contributed by atoms with Gasteiger partial charge < -0.3 is 5.32 Å². The summed E-state index contributed by atoms with van der Waals surface area (Å²) in [6, 6.07) is 6.77. The number of amides is 1. The van der Waals surface area contributed by atoms with E-state index < -0.39 is 23.4 Å². The number of nitrogens with one attached hydrogen (secondary N) is 1. The summed E-state index contributed by atoms with van der Waals surface area (Å²) >= 11 is 1.50. The van der Waals surface area contributed by atoms with Crippen LogP contribution in [0.25, 0.3) is 11.0 Å². The normalized spacial score (nSPS) is 17.2. The number of ketones is 1. The molecular weight excluding hydrogens is 451 g/mol. The quantitative estimate of drug-likeness (QED) is 0.411. The zero-order valence-corrected chi connectivity index (χ0v) is 18.8. The van der Waals surface area contributed by atoms with Gasteiger partial charge in [0, 0.05) is 15.8 Å². The number of nitriles is 1. The van der Waals surface area contributed by atoms with Crippen LogP contribution in [0.3, 0.4) is 0 Å². The van der Waals surface area contributed by atoms with E-state index in [2.05, 4.69) is 10.4 Å². The Balaban J connectivity index is 1.57. The highest BCUT2D eigenvalue weighted by Crippen LogP contribution is 2.33. The van der Waals surface area contributed by atoms with E-state index in [1.165, 1.54) is 36.0 Å². The number of rotatable bonds is 5. The second-order valence-electron chi connectivity index (χ2n) is 7.94. The average Bonchev–Trinajstić information content (AvgIpc) is 3.27. The van der Waals surface area contributed by atoms with E-state index in [4.69, 9.17) is 0 Å². The van der Waals surface area contributed by atoms with Crippen molar-refractivity contribution < 1.29 is 14.0 Å². The van der Waals surface area contributed by atoms with Crippen LogP contribution in [0.5, 0.6) is 0 Å². The number of allylic oxidation sites excluding steroid dienone is 8. The standard InChI is InChI=1S/C26H19FN4O2S/c27-16-10-12-17(13-11-16)29-26(33)20(14-28)25(32)23-21-15-34-22-9-5-4-8-19(22)24(21)31(30-23)18-6-2-1-3-7-18/h2-7,9-13,15,18,20H,1,8H2,(H,29,33). The predicted molar refractivity (Wildman–Crippen MR) is 129 cm³/mol. The first-order valence-electron chi connectivity index (χ1n) is 10.8. The number of nitrogens with zero attached hydrogens (tertiary/aromatic N) is 3. The average molecular weight is 471 g/mol. The summed E-state index contributed by atoms with van der Waals surface area (Å²) in [5, 5.41) is 20.2. The highest BCUT2D eigenvalue weighted by Gasteiger charge is 2.33. The van der Waals surface area contributed by atoms with Crippen molar-refractivity contribution in [2.45, 2.75) is 18.9 Å². The Hall–Kier alpha value is -3.96. The lowest BCUT2D eigenvalue weighted by Crippen LogP contribution is -2.38. The molecule has 2 aromatic rings. The van der Waals surface area contributed by atoms with E-state index in [9.17, 15) is 19.2 Å². The molecule has 8 heteroatoms. The number of hydrogen-bond donors (Lipinski definition) is 1. The molecular formula is C26H19FN4O2S. The molecule has 0 radical (unpaired) electrons. The number of halogens is 1. The maximum atomic E-state index is 13.5. The van der Waals surface area contributed by atoms with E-state index in [0.717, 1.165) is 22.2 Å². The van der Waals surface area contributed by atoms with Crippen LogP contribution in [0.15, 0.2) is 71.7 Å². The lowest BCUT2D eigenvalue weighted by molar-refractivity contribution is -0.117. The molecule has 168 valence electrons. The zero-order chi connectivity index (χ0) is 23.7. The summed E-state index contributed by atoms with van der Waals surface area (Å²) in [7, 11) is 0. The van der Waals surface area contributed by atoms with Crippen molar-refractivity contribution in [1.29, 1.82) is 5.26 Å². The Bertz CT molecular complexity index is 1460. The fourth-order valence-electron chi connectivity index (χ4n) is 4.11. The monoisotopic (exact) mass is 470 g/mol. The molecule has 1 aliphatic heterocycles. The maximum absolute atomic E-state index is 13.5. The summed E-state index contributed by atoms with van der Waals surface area (Å²) in [5.41, 5.74) is 1.45. The number of anilines is 1. The van der Waals surface area contributed by atoms with Crippen molar-refractivity contribution in [3.05, 3.63) is 93.8 Å². The highest BCUT2D eigenvalue weighted by atomic mass is 32.2. The number of aromatic nitrogens is 2. The van der Waals surface area contributed by atoms with Crippen LogP contribution in [-0.2, 0) is 4.79 Å². The molecule has 1 aromatic heterocycles. The van der Waals surface area contributed by atoms with Gasteiger partial charge in [0.05, 0.1) is 17.5 Å². The van der Waals surface area contributed by atoms with Crippen molar-refractivity contribution in [3.63, 3.8) is 0 Å². The SMILES string of the molecule is N#CC(C(=O)Nc1ccc(F)cc1)C(=O)c1nn(C2C=CCC=C2)c2c1=CSC1=CC=CCC=21. The van der Waals surface area contributed by atoms with Gasteiger partial charge in [-0.1, -0.05) is 48.2 Å². The molecule has 1 atom stereocenters. The minimum absolute atomic E-state index is 0.0942. The molecule has 1 unspecified atom stereocenters. The minimum Gasteiger partial charge on any atom is -0.325 e. The van der Waals surface area contributed by atoms with Crippen molar-refractivity contribution in [2.75, 3.05) is 5.32 Å². The molecule has 5 rings (SSSR count). The molecule has 1 amide bonds. The number of fused-ring (bicyclic) bond motifs is 2. The van der Waals surface area contributed by atoms with Crippen LogP contribution in [0.1, 0.15) is 29.4 Å². The molecule has 3 aliphatic rings. The summed E-state index contributed by atoms with van der Waals surface area (Å²) in [6.45, 7) is 0. The number of carbonyl (C=O) groups excluding carboxylic acids is 2. The Morgan fingerprint density at radius 2 is 1.97 bits per heavy atom. The fourth-order valence-corrected chi connectivity index (χ4v) is 5.06. The van der Waals surface area contributed by atoms with Gasteiger partial charge in [0.15, 0.2) is 5.92 Å². The molecule has 0 bridgehead atoms. The van der Waals surface area contributed by atoms with E-state index in [-0.39, 0.29) is 11.7 Å². The van der Waals surface area contributed by atoms with Gasteiger partial charge in [-0.25, -0.2) is 4.39 Å². The fraction of sp³-hybridized carbons (Fsp3) is 0.154. The number of thioether (sulfide) groups is 1. The van der Waals surface area contributed by atoms with Gasteiger partial charge in [0.25, 0.3) is 0 Å². The first kappa shape index (κ1) is 21.9. The molecule has 1 N–H and O–H groups in total. The van der Waals surface area contributed by atoms with Crippen molar-refractivity contribution in [1.82, 2.24) is 9.78 Å². The van der Waals surface area contributed by atoms with Gasteiger partial charge in [-0.3, -0.25) is 14.3 Å². The Kier molecular flexibility index (Phi) is 5.86. The van der Waals surface area contributed by atoms with Gasteiger partial charge in [0.1, 0.15) is 11.5 Å².